The monoisotopic (exact) mass is 540 g/mol. The van der Waals surface area contributed by atoms with Crippen molar-refractivity contribution in [2.45, 2.75) is 71.1 Å². The first-order valence-electron chi connectivity index (χ1n) is 12.1. The van der Waals surface area contributed by atoms with E-state index in [1.165, 1.54) is 14.1 Å². The maximum absolute atomic E-state index is 13.5. The van der Waals surface area contributed by atoms with E-state index in [2.05, 4.69) is 0 Å². The number of rotatable bonds is 8. The molecular weight excluding hydrogens is 508 g/mol. The minimum Gasteiger partial charge on any atom is -0.462 e. The van der Waals surface area contributed by atoms with Crippen LogP contribution in [0.4, 0.5) is 0 Å². The number of carbonyl (C=O) groups excluding carboxylic acids is 4. The summed E-state index contributed by atoms with van der Waals surface area (Å²) in [4.78, 5) is 74.3. The topological polar surface area (TPSA) is 168 Å². The molecule has 2 aliphatic heterocycles. The molecule has 1 aromatic rings. The van der Waals surface area contributed by atoms with Crippen molar-refractivity contribution >= 4 is 23.9 Å². The molecule has 0 unspecified atom stereocenters. The highest BCUT2D eigenvalue weighted by molar-refractivity contribution is 5.69. The average molecular weight is 541 g/mol. The highest BCUT2D eigenvalue weighted by Gasteiger charge is 2.53. The molecule has 0 N–H and O–H groups in total. The molecule has 14 heteroatoms. The third kappa shape index (κ3) is 6.06. The molecule has 1 aromatic heterocycles. The van der Waals surface area contributed by atoms with Crippen LogP contribution in [-0.4, -0.2) is 70.8 Å². The van der Waals surface area contributed by atoms with Crippen LogP contribution in [0.15, 0.2) is 9.59 Å². The summed E-state index contributed by atoms with van der Waals surface area (Å²) in [5.74, 6) is -4.80. The molecule has 0 aliphatic carbocycles. The number of aromatic nitrogens is 2. The normalized spacial score (nSPS) is 22.4. The Morgan fingerprint density at radius 2 is 1.55 bits per heavy atom. The van der Waals surface area contributed by atoms with Crippen LogP contribution in [-0.2, 0) is 57.0 Å². The predicted molar refractivity (Wildman–Crippen MR) is 126 cm³/mol. The fourth-order valence-corrected chi connectivity index (χ4v) is 4.95. The minimum atomic E-state index is -1.51. The van der Waals surface area contributed by atoms with Crippen molar-refractivity contribution in [2.24, 2.45) is 20.0 Å². The maximum Gasteiger partial charge on any atom is 0.333 e. The van der Waals surface area contributed by atoms with Gasteiger partial charge in [-0.2, -0.15) is 0 Å². The highest BCUT2D eigenvalue weighted by atomic mass is 16.7. The van der Waals surface area contributed by atoms with Gasteiger partial charge in [0, 0.05) is 53.6 Å². The van der Waals surface area contributed by atoms with Crippen molar-refractivity contribution in [3.05, 3.63) is 26.4 Å². The average Bonchev–Trinajstić information content (AvgIpc) is 2.84. The van der Waals surface area contributed by atoms with Crippen molar-refractivity contribution in [1.82, 2.24) is 9.13 Å². The summed E-state index contributed by atoms with van der Waals surface area (Å²) >= 11 is 0. The van der Waals surface area contributed by atoms with E-state index in [4.69, 9.17) is 28.4 Å². The van der Waals surface area contributed by atoms with Gasteiger partial charge in [-0.3, -0.25) is 33.1 Å². The molecule has 0 amide bonds. The van der Waals surface area contributed by atoms with Crippen LogP contribution < -0.4 is 16.0 Å². The summed E-state index contributed by atoms with van der Waals surface area (Å²) in [6.07, 6.45) is -4.23. The number of hydrogen-bond acceptors (Lipinski definition) is 12. The Hall–Kier alpha value is -3.68. The Morgan fingerprint density at radius 1 is 0.921 bits per heavy atom. The van der Waals surface area contributed by atoms with Crippen LogP contribution in [0.3, 0.4) is 0 Å². The van der Waals surface area contributed by atoms with Gasteiger partial charge in [-0.15, -0.1) is 0 Å². The molecule has 0 bridgehead atoms. The number of nitrogens with zero attached hydrogens (tertiary/aromatic N) is 2. The largest absolute Gasteiger partial charge is 0.462 e. The fraction of sp³-hybridized carbons (Fsp3) is 0.667. The molecule has 14 nitrogen and oxygen atoms in total. The van der Waals surface area contributed by atoms with Gasteiger partial charge in [0.15, 0.2) is 18.3 Å². The van der Waals surface area contributed by atoms with E-state index in [1.54, 1.807) is 0 Å². The minimum absolute atomic E-state index is 0.00110. The van der Waals surface area contributed by atoms with Gasteiger partial charge >= 0.3 is 29.6 Å². The first kappa shape index (κ1) is 28.9. The summed E-state index contributed by atoms with van der Waals surface area (Å²) < 4.78 is 35.4. The third-order valence-corrected chi connectivity index (χ3v) is 6.40. The molecule has 3 heterocycles. The van der Waals surface area contributed by atoms with E-state index in [0.717, 1.165) is 36.8 Å². The maximum atomic E-state index is 13.5. The van der Waals surface area contributed by atoms with Gasteiger partial charge in [-0.1, -0.05) is 0 Å². The van der Waals surface area contributed by atoms with Crippen LogP contribution in [0.1, 0.15) is 52.0 Å². The number of ether oxygens (including phenoxy) is 6. The van der Waals surface area contributed by atoms with E-state index < -0.39 is 78.2 Å². The first-order valence-corrected chi connectivity index (χ1v) is 12.1. The van der Waals surface area contributed by atoms with Crippen LogP contribution >= 0.6 is 0 Å². The number of hydrogen-bond donors (Lipinski definition) is 0. The lowest BCUT2D eigenvalue weighted by molar-refractivity contribution is -0.206. The number of fused-ring (bicyclic) bond motifs is 2. The lowest BCUT2D eigenvalue weighted by atomic mass is 9.75. The van der Waals surface area contributed by atoms with Crippen molar-refractivity contribution in [3.63, 3.8) is 0 Å². The zero-order valence-electron chi connectivity index (χ0n) is 22.1. The summed E-state index contributed by atoms with van der Waals surface area (Å²) in [5.41, 5.74) is -1.37. The molecule has 1 saturated heterocycles. The molecule has 0 spiro atoms. The lowest BCUT2D eigenvalue weighted by Gasteiger charge is -2.45. The smallest absolute Gasteiger partial charge is 0.333 e. The molecule has 210 valence electrons. The van der Waals surface area contributed by atoms with E-state index in [1.807, 2.05) is 0 Å². The van der Waals surface area contributed by atoms with Crippen LogP contribution in [0.5, 0.6) is 5.88 Å². The summed E-state index contributed by atoms with van der Waals surface area (Å²) in [7, 11) is 2.70. The van der Waals surface area contributed by atoms with Crippen LogP contribution in [0, 0.1) is 5.92 Å². The Kier molecular flexibility index (Phi) is 8.97. The summed E-state index contributed by atoms with van der Waals surface area (Å²) in [5, 5.41) is 0. The van der Waals surface area contributed by atoms with Gasteiger partial charge in [0.05, 0.1) is 12.2 Å². The molecule has 1 fully saturated rings. The second-order valence-corrected chi connectivity index (χ2v) is 9.21. The van der Waals surface area contributed by atoms with Crippen molar-refractivity contribution < 1.29 is 47.6 Å². The molecule has 38 heavy (non-hydrogen) atoms. The van der Waals surface area contributed by atoms with Gasteiger partial charge in [-0.05, 0) is 12.8 Å². The van der Waals surface area contributed by atoms with Crippen LogP contribution in [0.25, 0.3) is 0 Å². The lowest BCUT2D eigenvalue weighted by Crippen LogP contribution is -2.57. The van der Waals surface area contributed by atoms with Gasteiger partial charge in [-0.25, -0.2) is 4.79 Å². The van der Waals surface area contributed by atoms with Crippen molar-refractivity contribution in [2.75, 3.05) is 13.2 Å². The van der Waals surface area contributed by atoms with Crippen molar-refractivity contribution in [1.29, 1.82) is 0 Å². The van der Waals surface area contributed by atoms with E-state index in [0.29, 0.717) is 19.4 Å². The van der Waals surface area contributed by atoms with Gasteiger partial charge < -0.3 is 28.4 Å². The number of carbonyl (C=O) groups is 4. The molecule has 0 radical (unpaired) electrons. The predicted octanol–water partition coefficient (Wildman–Crippen LogP) is -0.329. The first-order chi connectivity index (χ1) is 17.8. The van der Waals surface area contributed by atoms with Crippen molar-refractivity contribution in [3.8, 4) is 5.88 Å². The Balaban J connectivity index is 2.29. The zero-order chi connectivity index (χ0) is 28.3. The second-order valence-electron chi connectivity index (χ2n) is 9.21. The molecule has 0 saturated carbocycles. The molecular formula is C24H32N2O12. The Morgan fingerprint density at radius 3 is 2.13 bits per heavy atom. The highest BCUT2D eigenvalue weighted by Crippen LogP contribution is 2.46. The Labute approximate surface area is 217 Å². The number of esters is 4. The molecule has 0 aromatic carbocycles. The SMILES string of the molecule is CC(=O)OC[C@H](OC(C)=O)[C@@H](OC(C)=O)[C@H](OC(C)=O)[C@@H]1c2c(n(C)c(=O)n(C)c2=O)O[C@H]2OCCC[C@H]21. The summed E-state index contributed by atoms with van der Waals surface area (Å²) in [6, 6.07) is 0. The van der Waals surface area contributed by atoms with Gasteiger partial charge in [0.25, 0.3) is 5.56 Å². The molecule has 3 rings (SSSR count). The van der Waals surface area contributed by atoms with E-state index >= 15 is 0 Å². The van der Waals surface area contributed by atoms with Gasteiger partial charge in [0.2, 0.25) is 12.2 Å². The fourth-order valence-electron chi connectivity index (χ4n) is 4.95. The summed E-state index contributed by atoms with van der Waals surface area (Å²) in [6.45, 7) is 4.28. The Bertz CT molecular complexity index is 1220. The molecule has 2 aliphatic rings. The van der Waals surface area contributed by atoms with E-state index in [-0.39, 0.29) is 11.4 Å². The van der Waals surface area contributed by atoms with E-state index in [9.17, 15) is 28.8 Å². The third-order valence-electron chi connectivity index (χ3n) is 6.40. The molecule has 6 atom stereocenters. The second kappa shape index (κ2) is 11.8. The zero-order valence-corrected chi connectivity index (χ0v) is 22.1. The quantitative estimate of drug-likeness (QED) is 0.311. The standard InChI is InChI=1S/C24H32N2O12/c1-11(27)34-10-16(35-12(2)28)19(36-13(3)29)20(37-14(4)30)17-15-8-7-9-33-23(15)38-22-18(17)21(31)25(5)24(32)26(22)6/h15-17,19-20,23H,7-10H2,1-6H3/t15-,16-,17-,19+,20+,23+/m0/s1. The van der Waals surface area contributed by atoms with Gasteiger partial charge in [0.1, 0.15) is 6.61 Å². The van der Waals surface area contributed by atoms with Crippen LogP contribution in [0.2, 0.25) is 0 Å².